The smallest absolute Gasteiger partial charge is 0.159 e. The number of hydrogen-bond acceptors (Lipinski definition) is 4. The Morgan fingerprint density at radius 1 is 1.62 bits per heavy atom. The van der Waals surface area contributed by atoms with Crippen molar-refractivity contribution >= 4 is 0 Å². The third kappa shape index (κ3) is 1.57. The van der Waals surface area contributed by atoms with E-state index in [4.69, 9.17) is 10.5 Å². The predicted molar refractivity (Wildman–Crippen MR) is 47.0 cm³/mol. The van der Waals surface area contributed by atoms with E-state index in [-0.39, 0.29) is 6.04 Å². The fourth-order valence-electron chi connectivity index (χ4n) is 1.64. The molecule has 72 valence electrons. The number of aryl methyl sites for hydroxylation is 1. The number of ether oxygens (including phenoxy) is 1. The molecule has 0 saturated heterocycles. The number of rotatable bonds is 2. The molecule has 13 heavy (non-hydrogen) atoms. The lowest BCUT2D eigenvalue weighted by Crippen LogP contribution is -2.32. The number of hydrogen-bond donors (Lipinski definition) is 1. The Morgan fingerprint density at radius 3 is 3.23 bits per heavy atom. The molecule has 1 aliphatic heterocycles. The van der Waals surface area contributed by atoms with Crippen LogP contribution in [0.2, 0.25) is 0 Å². The van der Waals surface area contributed by atoms with Crippen molar-refractivity contribution in [3.63, 3.8) is 0 Å². The standard InChI is InChI=1S/C8H14N4O/c1-13-5-8-11-10-7-3-2-6(9)4-12(7)8/h6H,2-5,9H2,1H3. The van der Waals surface area contributed by atoms with Gasteiger partial charge in [0.25, 0.3) is 0 Å². The van der Waals surface area contributed by atoms with Crippen LogP contribution in [0.15, 0.2) is 0 Å². The Kier molecular flexibility index (Phi) is 2.28. The minimum absolute atomic E-state index is 0.235. The number of aromatic nitrogens is 3. The van der Waals surface area contributed by atoms with Crippen LogP contribution >= 0.6 is 0 Å². The first-order valence-corrected chi connectivity index (χ1v) is 4.46. The van der Waals surface area contributed by atoms with E-state index in [1.165, 1.54) is 0 Å². The molecule has 0 radical (unpaired) electrons. The second kappa shape index (κ2) is 3.43. The zero-order chi connectivity index (χ0) is 9.26. The molecule has 0 bridgehead atoms. The van der Waals surface area contributed by atoms with E-state index in [2.05, 4.69) is 14.8 Å². The van der Waals surface area contributed by atoms with E-state index in [0.717, 1.165) is 31.0 Å². The number of nitrogens with two attached hydrogens (primary N) is 1. The van der Waals surface area contributed by atoms with E-state index >= 15 is 0 Å². The summed E-state index contributed by atoms with van der Waals surface area (Å²) in [4.78, 5) is 0. The molecule has 0 aliphatic carbocycles. The number of fused-ring (bicyclic) bond motifs is 1. The second-order valence-corrected chi connectivity index (χ2v) is 3.37. The predicted octanol–water partition coefficient (Wildman–Crippen LogP) is -0.302. The van der Waals surface area contributed by atoms with Crippen LogP contribution in [0.3, 0.4) is 0 Å². The summed E-state index contributed by atoms with van der Waals surface area (Å²) >= 11 is 0. The Balaban J connectivity index is 2.25. The molecule has 5 nitrogen and oxygen atoms in total. The maximum absolute atomic E-state index is 5.86. The van der Waals surface area contributed by atoms with Crippen molar-refractivity contribution in [2.45, 2.75) is 32.0 Å². The Morgan fingerprint density at radius 2 is 2.46 bits per heavy atom. The van der Waals surface area contributed by atoms with E-state index in [1.807, 2.05) is 0 Å². The third-order valence-electron chi connectivity index (χ3n) is 2.33. The van der Waals surface area contributed by atoms with Gasteiger partial charge >= 0.3 is 0 Å². The monoisotopic (exact) mass is 182 g/mol. The molecular formula is C8H14N4O. The quantitative estimate of drug-likeness (QED) is 0.681. The SMILES string of the molecule is COCc1nnc2n1CC(N)CC2. The van der Waals surface area contributed by atoms with E-state index in [9.17, 15) is 0 Å². The molecule has 2 rings (SSSR count). The molecule has 1 aromatic heterocycles. The Labute approximate surface area is 76.9 Å². The number of nitrogens with zero attached hydrogens (tertiary/aromatic N) is 3. The minimum atomic E-state index is 0.235. The normalized spacial score (nSPS) is 21.5. The summed E-state index contributed by atoms with van der Waals surface area (Å²) in [5.74, 6) is 1.92. The van der Waals surface area contributed by atoms with Crippen LogP contribution in [-0.2, 0) is 24.3 Å². The fraction of sp³-hybridized carbons (Fsp3) is 0.750. The van der Waals surface area contributed by atoms with Crippen molar-refractivity contribution in [1.82, 2.24) is 14.8 Å². The lowest BCUT2D eigenvalue weighted by Gasteiger charge is -2.20. The second-order valence-electron chi connectivity index (χ2n) is 3.37. The van der Waals surface area contributed by atoms with Crippen LogP contribution < -0.4 is 5.73 Å². The van der Waals surface area contributed by atoms with Gasteiger partial charge in [-0.05, 0) is 6.42 Å². The van der Waals surface area contributed by atoms with Gasteiger partial charge in [-0.15, -0.1) is 10.2 Å². The average Bonchev–Trinajstić information content (AvgIpc) is 2.49. The highest BCUT2D eigenvalue weighted by Crippen LogP contribution is 2.13. The topological polar surface area (TPSA) is 66.0 Å². The number of methoxy groups -OCH3 is 1. The molecule has 0 spiro atoms. The average molecular weight is 182 g/mol. The molecule has 1 aromatic rings. The molecule has 0 saturated carbocycles. The first kappa shape index (κ1) is 8.65. The van der Waals surface area contributed by atoms with E-state index < -0.39 is 0 Å². The van der Waals surface area contributed by atoms with Gasteiger partial charge in [0, 0.05) is 26.1 Å². The van der Waals surface area contributed by atoms with Crippen molar-refractivity contribution in [1.29, 1.82) is 0 Å². The molecule has 0 aromatic carbocycles. The minimum Gasteiger partial charge on any atom is -0.377 e. The lowest BCUT2D eigenvalue weighted by molar-refractivity contribution is 0.172. The maximum Gasteiger partial charge on any atom is 0.159 e. The fourth-order valence-corrected chi connectivity index (χ4v) is 1.64. The molecule has 2 heterocycles. The van der Waals surface area contributed by atoms with Gasteiger partial charge in [0.05, 0.1) is 0 Å². The van der Waals surface area contributed by atoms with Crippen LogP contribution in [0.1, 0.15) is 18.1 Å². The van der Waals surface area contributed by atoms with Gasteiger partial charge < -0.3 is 15.0 Å². The molecule has 2 N–H and O–H groups in total. The van der Waals surface area contributed by atoms with E-state index in [0.29, 0.717) is 6.61 Å². The van der Waals surface area contributed by atoms with Crippen LogP contribution in [0, 0.1) is 0 Å². The molecular weight excluding hydrogens is 168 g/mol. The van der Waals surface area contributed by atoms with Gasteiger partial charge in [0.2, 0.25) is 0 Å². The molecule has 1 aliphatic rings. The van der Waals surface area contributed by atoms with Gasteiger partial charge in [0.15, 0.2) is 5.82 Å². The zero-order valence-electron chi connectivity index (χ0n) is 7.73. The Hall–Kier alpha value is -0.940. The van der Waals surface area contributed by atoms with Gasteiger partial charge in [-0.1, -0.05) is 0 Å². The summed E-state index contributed by atoms with van der Waals surface area (Å²) in [6.07, 6.45) is 1.93. The summed E-state index contributed by atoms with van der Waals surface area (Å²) in [5, 5.41) is 8.14. The summed E-state index contributed by atoms with van der Waals surface area (Å²) in [7, 11) is 1.66. The first-order chi connectivity index (χ1) is 6.31. The highest BCUT2D eigenvalue weighted by atomic mass is 16.5. The highest BCUT2D eigenvalue weighted by molar-refractivity contribution is 5.00. The van der Waals surface area contributed by atoms with Crippen molar-refractivity contribution in [2.24, 2.45) is 5.73 Å². The third-order valence-corrected chi connectivity index (χ3v) is 2.33. The van der Waals surface area contributed by atoms with Crippen molar-refractivity contribution in [3.05, 3.63) is 11.6 Å². The molecule has 0 fully saturated rings. The highest BCUT2D eigenvalue weighted by Gasteiger charge is 2.19. The summed E-state index contributed by atoms with van der Waals surface area (Å²) in [6.45, 7) is 1.33. The zero-order valence-corrected chi connectivity index (χ0v) is 7.73. The van der Waals surface area contributed by atoms with Gasteiger partial charge in [-0.2, -0.15) is 0 Å². The lowest BCUT2D eigenvalue weighted by atomic mass is 10.1. The summed E-state index contributed by atoms with van der Waals surface area (Å²) in [6, 6.07) is 0.235. The maximum atomic E-state index is 5.86. The van der Waals surface area contributed by atoms with Crippen molar-refractivity contribution in [2.75, 3.05) is 7.11 Å². The van der Waals surface area contributed by atoms with Gasteiger partial charge in [0.1, 0.15) is 12.4 Å². The molecule has 0 amide bonds. The van der Waals surface area contributed by atoms with Crippen LogP contribution in [0.4, 0.5) is 0 Å². The van der Waals surface area contributed by atoms with Gasteiger partial charge in [-0.25, -0.2) is 0 Å². The van der Waals surface area contributed by atoms with Crippen LogP contribution in [0.5, 0.6) is 0 Å². The van der Waals surface area contributed by atoms with Crippen molar-refractivity contribution < 1.29 is 4.74 Å². The molecule has 5 heteroatoms. The first-order valence-electron chi connectivity index (χ1n) is 4.46. The molecule has 1 atom stereocenters. The van der Waals surface area contributed by atoms with Crippen molar-refractivity contribution in [3.8, 4) is 0 Å². The summed E-state index contributed by atoms with van der Waals surface area (Å²) < 4.78 is 7.09. The van der Waals surface area contributed by atoms with Crippen LogP contribution in [0.25, 0.3) is 0 Å². The van der Waals surface area contributed by atoms with E-state index in [1.54, 1.807) is 7.11 Å². The Bertz CT molecular complexity index is 296. The summed E-state index contributed by atoms with van der Waals surface area (Å²) in [5.41, 5.74) is 5.86. The largest absolute Gasteiger partial charge is 0.377 e. The van der Waals surface area contributed by atoms with Gasteiger partial charge in [-0.3, -0.25) is 0 Å². The molecule has 1 unspecified atom stereocenters. The van der Waals surface area contributed by atoms with Crippen LogP contribution in [-0.4, -0.2) is 27.9 Å².